The van der Waals surface area contributed by atoms with Crippen molar-refractivity contribution in [1.29, 1.82) is 0 Å². The fourth-order valence-corrected chi connectivity index (χ4v) is 2.99. The van der Waals surface area contributed by atoms with E-state index in [2.05, 4.69) is 22.4 Å². The van der Waals surface area contributed by atoms with Crippen LogP contribution in [0.5, 0.6) is 0 Å². The smallest absolute Gasteiger partial charge is 0.231 e. The molecule has 1 aliphatic rings. The first-order valence-electron chi connectivity index (χ1n) is 7.11. The van der Waals surface area contributed by atoms with E-state index in [1.54, 1.807) is 0 Å². The van der Waals surface area contributed by atoms with Gasteiger partial charge in [-0.2, -0.15) is 4.98 Å². The lowest BCUT2D eigenvalue weighted by atomic mass is 10.0. The maximum atomic E-state index is 5.89. The first kappa shape index (κ1) is 13.6. The highest BCUT2D eigenvalue weighted by Crippen LogP contribution is 2.34. The first-order valence-corrected chi connectivity index (χ1v) is 7.48. The van der Waals surface area contributed by atoms with E-state index in [4.69, 9.17) is 16.1 Å². The lowest BCUT2D eigenvalue weighted by Crippen LogP contribution is -2.31. The minimum atomic E-state index is 0.337. The summed E-state index contributed by atoms with van der Waals surface area (Å²) in [5.74, 6) is 1.72. The molecule has 1 fully saturated rings. The first-order chi connectivity index (χ1) is 9.78. The quantitative estimate of drug-likeness (QED) is 0.934. The molecule has 1 aliphatic carbocycles. The third kappa shape index (κ3) is 2.72. The Morgan fingerprint density at radius 3 is 2.85 bits per heavy atom. The molecule has 0 radical (unpaired) electrons. The zero-order chi connectivity index (χ0) is 13.9. The Hall–Kier alpha value is -1.39. The number of aromatic nitrogens is 2. The number of nitrogens with one attached hydrogen (secondary N) is 1. The van der Waals surface area contributed by atoms with Gasteiger partial charge in [-0.15, -0.1) is 0 Å². The van der Waals surface area contributed by atoms with Crippen molar-refractivity contribution in [1.82, 2.24) is 15.5 Å². The maximum Gasteiger partial charge on any atom is 0.231 e. The molecule has 5 heteroatoms. The largest absolute Gasteiger partial charge is 0.339 e. The fourth-order valence-electron chi connectivity index (χ4n) is 2.86. The molecule has 1 aromatic heterocycles. The van der Waals surface area contributed by atoms with Crippen LogP contribution in [0.1, 0.15) is 38.0 Å². The van der Waals surface area contributed by atoms with E-state index < -0.39 is 0 Å². The van der Waals surface area contributed by atoms with Crippen molar-refractivity contribution < 1.29 is 4.52 Å². The van der Waals surface area contributed by atoms with E-state index in [-0.39, 0.29) is 0 Å². The standard InChI is InChI=1S/C15H18ClN3O/c1-2-17-13-5-3-4-12(13)15-18-14(19-20-15)10-6-8-11(16)9-7-10/h6-9,12-13,17H,2-5H2,1H3. The van der Waals surface area contributed by atoms with Gasteiger partial charge in [0, 0.05) is 16.6 Å². The monoisotopic (exact) mass is 291 g/mol. The van der Waals surface area contributed by atoms with Gasteiger partial charge in [-0.3, -0.25) is 0 Å². The Balaban J connectivity index is 1.81. The Morgan fingerprint density at radius 1 is 1.30 bits per heavy atom. The molecule has 0 spiro atoms. The molecule has 0 saturated heterocycles. The molecule has 20 heavy (non-hydrogen) atoms. The molecule has 0 aliphatic heterocycles. The average molecular weight is 292 g/mol. The zero-order valence-electron chi connectivity index (χ0n) is 11.5. The summed E-state index contributed by atoms with van der Waals surface area (Å²) in [7, 11) is 0. The van der Waals surface area contributed by atoms with Crippen molar-refractivity contribution in [2.24, 2.45) is 0 Å². The highest BCUT2D eigenvalue weighted by molar-refractivity contribution is 6.30. The van der Waals surface area contributed by atoms with E-state index >= 15 is 0 Å². The van der Waals surface area contributed by atoms with E-state index in [0.29, 0.717) is 22.8 Å². The lowest BCUT2D eigenvalue weighted by molar-refractivity contribution is 0.332. The number of rotatable bonds is 4. The van der Waals surface area contributed by atoms with Crippen molar-refractivity contribution in [3.05, 3.63) is 35.2 Å². The summed E-state index contributed by atoms with van der Waals surface area (Å²) in [6.45, 7) is 3.10. The molecule has 1 saturated carbocycles. The second-order valence-corrected chi connectivity index (χ2v) is 5.60. The van der Waals surface area contributed by atoms with Crippen LogP contribution in [-0.4, -0.2) is 22.7 Å². The van der Waals surface area contributed by atoms with Gasteiger partial charge in [-0.25, -0.2) is 0 Å². The Morgan fingerprint density at radius 2 is 2.10 bits per heavy atom. The zero-order valence-corrected chi connectivity index (χ0v) is 12.2. The minimum absolute atomic E-state index is 0.337. The van der Waals surface area contributed by atoms with Crippen LogP contribution in [0.4, 0.5) is 0 Å². The second-order valence-electron chi connectivity index (χ2n) is 5.16. The Kier molecular flexibility index (Phi) is 4.03. The number of halogens is 1. The number of hydrogen-bond acceptors (Lipinski definition) is 4. The van der Waals surface area contributed by atoms with Gasteiger partial charge in [0.15, 0.2) is 0 Å². The number of hydrogen-bond donors (Lipinski definition) is 1. The van der Waals surface area contributed by atoms with Crippen molar-refractivity contribution >= 4 is 11.6 Å². The summed E-state index contributed by atoms with van der Waals surface area (Å²) in [5, 5.41) is 8.31. The molecule has 3 rings (SSSR count). The summed E-state index contributed by atoms with van der Waals surface area (Å²) in [6.07, 6.45) is 3.50. The summed E-state index contributed by atoms with van der Waals surface area (Å²) in [6, 6.07) is 7.95. The third-order valence-corrected chi connectivity index (χ3v) is 4.10. The van der Waals surface area contributed by atoms with Crippen LogP contribution in [0, 0.1) is 0 Å². The molecular formula is C15H18ClN3O. The average Bonchev–Trinajstić information content (AvgIpc) is 3.08. The molecular weight excluding hydrogens is 274 g/mol. The minimum Gasteiger partial charge on any atom is -0.339 e. The van der Waals surface area contributed by atoms with Crippen LogP contribution in [0.3, 0.4) is 0 Å². The van der Waals surface area contributed by atoms with Gasteiger partial charge in [-0.1, -0.05) is 30.1 Å². The van der Waals surface area contributed by atoms with Gasteiger partial charge in [-0.05, 0) is 43.7 Å². The highest BCUT2D eigenvalue weighted by Gasteiger charge is 2.32. The van der Waals surface area contributed by atoms with Crippen molar-refractivity contribution in [2.45, 2.75) is 38.1 Å². The van der Waals surface area contributed by atoms with Crippen molar-refractivity contribution in [2.75, 3.05) is 6.54 Å². The second kappa shape index (κ2) is 5.94. The van der Waals surface area contributed by atoms with Crippen LogP contribution < -0.4 is 5.32 Å². The van der Waals surface area contributed by atoms with Gasteiger partial charge >= 0.3 is 0 Å². The van der Waals surface area contributed by atoms with Gasteiger partial charge in [0.1, 0.15) is 0 Å². The number of nitrogens with zero attached hydrogens (tertiary/aromatic N) is 2. The lowest BCUT2D eigenvalue weighted by Gasteiger charge is -2.16. The normalized spacial score (nSPS) is 22.3. The third-order valence-electron chi connectivity index (χ3n) is 3.84. The summed E-state index contributed by atoms with van der Waals surface area (Å²) < 4.78 is 5.48. The molecule has 2 aromatic rings. The highest BCUT2D eigenvalue weighted by atomic mass is 35.5. The van der Waals surface area contributed by atoms with E-state index in [9.17, 15) is 0 Å². The van der Waals surface area contributed by atoms with Crippen LogP contribution >= 0.6 is 11.6 Å². The van der Waals surface area contributed by atoms with Gasteiger partial charge < -0.3 is 9.84 Å². The number of benzene rings is 1. The van der Waals surface area contributed by atoms with Crippen LogP contribution in [0.15, 0.2) is 28.8 Å². The number of likely N-dealkylation sites (N-methyl/N-ethyl adjacent to an activating group) is 1. The molecule has 0 amide bonds. The van der Waals surface area contributed by atoms with Crippen molar-refractivity contribution in [3.63, 3.8) is 0 Å². The summed E-state index contributed by atoms with van der Waals surface area (Å²) >= 11 is 5.89. The van der Waals surface area contributed by atoms with Gasteiger partial charge in [0.2, 0.25) is 11.7 Å². The molecule has 1 heterocycles. The molecule has 1 aromatic carbocycles. The molecule has 0 bridgehead atoms. The van der Waals surface area contributed by atoms with Gasteiger partial charge in [0.05, 0.1) is 5.92 Å². The van der Waals surface area contributed by atoms with Crippen LogP contribution in [0.2, 0.25) is 5.02 Å². The topological polar surface area (TPSA) is 51.0 Å². The predicted molar refractivity (Wildman–Crippen MR) is 78.8 cm³/mol. The molecule has 4 nitrogen and oxygen atoms in total. The van der Waals surface area contributed by atoms with Crippen LogP contribution in [0.25, 0.3) is 11.4 Å². The predicted octanol–water partition coefficient (Wildman–Crippen LogP) is 3.64. The van der Waals surface area contributed by atoms with Crippen molar-refractivity contribution in [3.8, 4) is 11.4 Å². The van der Waals surface area contributed by atoms with E-state index in [0.717, 1.165) is 24.4 Å². The van der Waals surface area contributed by atoms with Gasteiger partial charge in [0.25, 0.3) is 0 Å². The SMILES string of the molecule is CCNC1CCCC1c1nc(-c2ccc(Cl)cc2)no1. The Bertz CT molecular complexity index is 567. The maximum absolute atomic E-state index is 5.89. The summed E-state index contributed by atoms with van der Waals surface area (Å²) in [5.41, 5.74) is 0.933. The van der Waals surface area contributed by atoms with E-state index in [1.165, 1.54) is 12.8 Å². The Labute approximate surface area is 123 Å². The molecule has 1 N–H and O–H groups in total. The molecule has 2 unspecified atom stereocenters. The van der Waals surface area contributed by atoms with Crippen LogP contribution in [-0.2, 0) is 0 Å². The molecule has 106 valence electrons. The fraction of sp³-hybridized carbons (Fsp3) is 0.467. The van der Waals surface area contributed by atoms with E-state index in [1.807, 2.05) is 24.3 Å². The molecule has 2 atom stereocenters. The summed E-state index contributed by atoms with van der Waals surface area (Å²) in [4.78, 5) is 4.56.